The summed E-state index contributed by atoms with van der Waals surface area (Å²) >= 11 is 0. The lowest BCUT2D eigenvalue weighted by Gasteiger charge is -2.19. The van der Waals surface area contributed by atoms with E-state index in [1.807, 2.05) is 0 Å². The zero-order chi connectivity index (χ0) is 60.1. The van der Waals surface area contributed by atoms with Gasteiger partial charge in [-0.3, -0.25) is 18.6 Å². The standard InChI is InChI=1S/C73H110NO8P/c1-3-5-7-9-11-13-15-17-19-21-23-25-27-29-30-31-32-33-34-35-36-37-38-39-40-42-44-46-48-50-52-54-56-58-60-62-64-66-73(76)82-71(70-81-83(77,78)80-68-67-74)69-79-72(75)65-63-61-59-57-55-53-51-49-47-45-43-41-28-26-24-22-20-18-16-14-12-10-8-6-4-2/h5-8,11-14,17-20,23-26,29-30,32-33,35-36,38-39,41-44,47-50,53-56,71H,3-4,9-10,15-16,21-22,27-28,31,34,37,40,45-46,51-52,57-70,74H2,1-2H3,(H,77,78)/b7-5-,8-6-,13-11-,14-12-,19-17-,20-18-,25-23-,26-24-,30-29-,33-32-,36-35-,39-38-,43-41-,44-42-,49-47-,50-48-,55-53-,56-54-. The van der Waals surface area contributed by atoms with Crippen LogP contribution >= 0.6 is 7.82 Å². The molecular formula is C73H110NO8P. The van der Waals surface area contributed by atoms with Crippen molar-refractivity contribution >= 4 is 19.8 Å². The van der Waals surface area contributed by atoms with Crippen LogP contribution in [0, 0.1) is 0 Å². The first kappa shape index (κ1) is 77.3. The molecule has 0 aromatic heterocycles. The molecule has 9 nitrogen and oxygen atoms in total. The highest BCUT2D eigenvalue weighted by Gasteiger charge is 2.26. The molecule has 0 amide bonds. The number of carbonyl (C=O) groups excluding carboxylic acids is 2. The molecule has 0 aliphatic carbocycles. The molecule has 0 saturated carbocycles. The third-order valence-corrected chi connectivity index (χ3v) is 12.8. The monoisotopic (exact) mass is 1160 g/mol. The SMILES string of the molecule is CC/C=C\C/C=C\C/C=C\C/C=C\C/C=C\C/C=C\C/C=C\C/C=C\C/C=C\C/C=C\C/C=C\CCCCCC(=O)OC(COC(=O)CCCCC/C=C\C/C=C\C/C=C\C/C=C\C/C=C\C/C=C\C/C=C\CC)COP(=O)(O)OCCN. The molecule has 10 heteroatoms. The summed E-state index contributed by atoms with van der Waals surface area (Å²) in [7, 11) is -4.43. The minimum Gasteiger partial charge on any atom is -0.462 e. The van der Waals surface area contributed by atoms with Gasteiger partial charge in [0.1, 0.15) is 6.61 Å². The summed E-state index contributed by atoms with van der Waals surface area (Å²) in [5.74, 6) is -0.927. The maximum absolute atomic E-state index is 12.7. The lowest BCUT2D eigenvalue weighted by atomic mass is 10.1. The molecule has 0 rings (SSSR count). The van der Waals surface area contributed by atoms with Gasteiger partial charge in [0.2, 0.25) is 0 Å². The van der Waals surface area contributed by atoms with Crippen LogP contribution in [-0.4, -0.2) is 49.3 Å². The fraction of sp³-hybridized carbons (Fsp3) is 0.479. The normalized spacial score (nSPS) is 14.5. The maximum atomic E-state index is 12.7. The van der Waals surface area contributed by atoms with E-state index in [0.29, 0.717) is 12.8 Å². The average Bonchev–Trinajstić information content (AvgIpc) is 3.49. The molecule has 0 aromatic carbocycles. The number of allylic oxidation sites excluding steroid dienone is 36. The summed E-state index contributed by atoms with van der Waals surface area (Å²) in [6.07, 6.45) is 103. The molecule has 0 aromatic rings. The number of esters is 2. The van der Waals surface area contributed by atoms with Crippen molar-refractivity contribution in [2.45, 2.75) is 200 Å². The van der Waals surface area contributed by atoms with Gasteiger partial charge >= 0.3 is 19.8 Å². The fourth-order valence-electron chi connectivity index (χ4n) is 7.32. The average molecular weight is 1160 g/mol. The number of rotatable bonds is 55. The third kappa shape index (κ3) is 65.4. The molecule has 2 atom stereocenters. The van der Waals surface area contributed by atoms with Gasteiger partial charge < -0.3 is 20.1 Å². The molecule has 460 valence electrons. The van der Waals surface area contributed by atoms with Gasteiger partial charge in [-0.1, -0.05) is 245 Å². The molecule has 83 heavy (non-hydrogen) atoms. The van der Waals surface area contributed by atoms with Gasteiger partial charge in [0, 0.05) is 19.4 Å². The lowest BCUT2D eigenvalue weighted by Crippen LogP contribution is -2.29. The van der Waals surface area contributed by atoms with E-state index >= 15 is 0 Å². The van der Waals surface area contributed by atoms with Crippen molar-refractivity contribution in [2.24, 2.45) is 5.73 Å². The summed E-state index contributed by atoms with van der Waals surface area (Å²) in [5.41, 5.74) is 5.38. The summed E-state index contributed by atoms with van der Waals surface area (Å²) in [6, 6.07) is 0. The molecular weight excluding hydrogens is 1050 g/mol. The number of ether oxygens (including phenoxy) is 2. The second kappa shape index (κ2) is 65.5. The fourth-order valence-corrected chi connectivity index (χ4v) is 8.09. The highest BCUT2D eigenvalue weighted by atomic mass is 31.2. The quantitative estimate of drug-likeness (QED) is 0.0264. The summed E-state index contributed by atoms with van der Waals surface area (Å²) in [5, 5.41) is 0. The van der Waals surface area contributed by atoms with Crippen molar-refractivity contribution in [3.05, 3.63) is 219 Å². The molecule has 2 unspecified atom stereocenters. The number of hydrogen-bond acceptors (Lipinski definition) is 8. The molecule has 0 aliphatic heterocycles. The van der Waals surface area contributed by atoms with E-state index in [1.165, 1.54) is 0 Å². The van der Waals surface area contributed by atoms with Crippen LogP contribution in [0.4, 0.5) is 0 Å². The Morgan fingerprint density at radius 3 is 0.904 bits per heavy atom. The predicted molar refractivity (Wildman–Crippen MR) is 357 cm³/mol. The summed E-state index contributed by atoms with van der Waals surface area (Å²) in [4.78, 5) is 35.2. The highest BCUT2D eigenvalue weighted by Crippen LogP contribution is 2.43. The first-order valence-electron chi connectivity index (χ1n) is 31.2. The number of carbonyl (C=O) groups is 2. The van der Waals surface area contributed by atoms with Crippen LogP contribution in [0.15, 0.2) is 219 Å². The topological polar surface area (TPSA) is 134 Å². The third-order valence-electron chi connectivity index (χ3n) is 11.9. The molecule has 0 fully saturated rings. The van der Waals surface area contributed by atoms with E-state index in [-0.39, 0.29) is 32.6 Å². The smallest absolute Gasteiger partial charge is 0.462 e. The zero-order valence-electron chi connectivity index (χ0n) is 51.3. The molecule has 0 radical (unpaired) electrons. The Labute approximate surface area is 505 Å². The van der Waals surface area contributed by atoms with Crippen LogP contribution in [0.2, 0.25) is 0 Å². The second-order valence-corrected chi connectivity index (χ2v) is 20.9. The van der Waals surface area contributed by atoms with E-state index in [4.69, 9.17) is 24.3 Å². The van der Waals surface area contributed by atoms with Gasteiger partial charge in [-0.25, -0.2) is 4.57 Å². The van der Waals surface area contributed by atoms with Crippen LogP contribution in [0.25, 0.3) is 0 Å². The number of hydrogen-bond donors (Lipinski definition) is 2. The van der Waals surface area contributed by atoms with Crippen LogP contribution in [0.3, 0.4) is 0 Å². The number of phosphoric acid groups is 1. The minimum atomic E-state index is -4.43. The van der Waals surface area contributed by atoms with Crippen molar-refractivity contribution in [3.8, 4) is 0 Å². The maximum Gasteiger partial charge on any atom is 0.472 e. The first-order valence-corrected chi connectivity index (χ1v) is 32.7. The number of unbranched alkanes of at least 4 members (excludes halogenated alkanes) is 6. The van der Waals surface area contributed by atoms with Gasteiger partial charge in [0.15, 0.2) is 6.10 Å². The molecule has 0 saturated heterocycles. The predicted octanol–water partition coefficient (Wildman–Crippen LogP) is 20.5. The minimum absolute atomic E-state index is 0.0293. The zero-order valence-corrected chi connectivity index (χ0v) is 52.2. The van der Waals surface area contributed by atoms with Gasteiger partial charge in [0.05, 0.1) is 13.2 Å². The molecule has 0 spiro atoms. The van der Waals surface area contributed by atoms with Crippen LogP contribution in [0.5, 0.6) is 0 Å². The Hall–Kier alpha value is -5.67. The Morgan fingerprint density at radius 2 is 0.627 bits per heavy atom. The Kier molecular flexibility index (Phi) is 61.0. The van der Waals surface area contributed by atoms with Crippen molar-refractivity contribution < 1.29 is 37.6 Å². The van der Waals surface area contributed by atoms with Crippen LogP contribution in [-0.2, 0) is 32.7 Å². The second-order valence-electron chi connectivity index (χ2n) is 19.5. The van der Waals surface area contributed by atoms with Crippen molar-refractivity contribution in [1.82, 2.24) is 0 Å². The molecule has 0 heterocycles. The molecule has 3 N–H and O–H groups in total. The highest BCUT2D eigenvalue weighted by molar-refractivity contribution is 7.47. The van der Waals surface area contributed by atoms with E-state index in [2.05, 4.69) is 233 Å². The summed E-state index contributed by atoms with van der Waals surface area (Å²) in [6.45, 7) is 3.39. The Balaban J connectivity index is 4.18. The van der Waals surface area contributed by atoms with Crippen molar-refractivity contribution in [1.29, 1.82) is 0 Å². The van der Waals surface area contributed by atoms with Crippen molar-refractivity contribution in [3.63, 3.8) is 0 Å². The van der Waals surface area contributed by atoms with Crippen LogP contribution in [0.1, 0.15) is 194 Å². The van der Waals surface area contributed by atoms with Crippen LogP contribution < -0.4 is 5.73 Å². The Bertz CT molecular complexity index is 2150. The van der Waals surface area contributed by atoms with Gasteiger partial charge in [0.25, 0.3) is 0 Å². The van der Waals surface area contributed by atoms with E-state index in [9.17, 15) is 19.0 Å². The number of nitrogens with two attached hydrogens (primary N) is 1. The first-order chi connectivity index (χ1) is 40.8. The summed E-state index contributed by atoms with van der Waals surface area (Å²) < 4.78 is 33.0. The van der Waals surface area contributed by atoms with Gasteiger partial charge in [-0.2, -0.15) is 0 Å². The molecule has 0 aliphatic rings. The van der Waals surface area contributed by atoms with E-state index in [1.54, 1.807) is 0 Å². The van der Waals surface area contributed by atoms with Crippen molar-refractivity contribution in [2.75, 3.05) is 26.4 Å². The van der Waals surface area contributed by atoms with E-state index < -0.39 is 32.5 Å². The van der Waals surface area contributed by atoms with Gasteiger partial charge in [-0.15, -0.1) is 0 Å². The molecule has 0 bridgehead atoms. The number of phosphoric ester groups is 1. The van der Waals surface area contributed by atoms with Gasteiger partial charge in [-0.05, 0) is 154 Å². The Morgan fingerprint density at radius 1 is 0.361 bits per heavy atom. The largest absolute Gasteiger partial charge is 0.472 e. The van der Waals surface area contributed by atoms with E-state index in [0.717, 1.165) is 154 Å². The lowest BCUT2D eigenvalue weighted by molar-refractivity contribution is -0.161.